The van der Waals surface area contributed by atoms with Gasteiger partial charge in [0.25, 0.3) is 0 Å². The van der Waals surface area contributed by atoms with Crippen LogP contribution in [0.25, 0.3) is 0 Å². The van der Waals surface area contributed by atoms with Gasteiger partial charge in [-0.2, -0.15) is 0 Å². The Labute approximate surface area is 130 Å². The first kappa shape index (κ1) is 14.7. The zero-order chi connectivity index (χ0) is 14.8. The van der Waals surface area contributed by atoms with E-state index in [9.17, 15) is 9.90 Å². The van der Waals surface area contributed by atoms with Crippen LogP contribution < -0.4 is 4.90 Å². The molecule has 4 nitrogen and oxygen atoms in total. The van der Waals surface area contributed by atoms with E-state index in [-0.39, 0.29) is 0 Å². The number of anilines is 1. The fraction of sp³-hybridized carbons (Fsp3) is 0.562. The molecule has 1 aromatic rings. The van der Waals surface area contributed by atoms with E-state index in [4.69, 9.17) is 11.6 Å². The van der Waals surface area contributed by atoms with Crippen molar-refractivity contribution < 1.29 is 9.90 Å². The Bertz CT molecular complexity index is 521. The molecule has 5 heteroatoms. The lowest BCUT2D eigenvalue weighted by Gasteiger charge is -2.39. The van der Waals surface area contributed by atoms with Gasteiger partial charge >= 0.3 is 5.97 Å². The Hall–Kier alpha value is -1.26. The van der Waals surface area contributed by atoms with Gasteiger partial charge in [0.05, 0.1) is 16.3 Å². The number of halogens is 1. The summed E-state index contributed by atoms with van der Waals surface area (Å²) in [6, 6.07) is 5.83. The molecule has 0 spiro atoms. The van der Waals surface area contributed by atoms with Crippen molar-refractivity contribution in [2.45, 2.75) is 31.7 Å². The van der Waals surface area contributed by atoms with Crippen molar-refractivity contribution in [3.8, 4) is 0 Å². The molecule has 3 rings (SSSR count). The fourth-order valence-electron chi connectivity index (χ4n) is 3.59. The molecule has 0 amide bonds. The minimum atomic E-state index is -0.911. The first-order valence-corrected chi connectivity index (χ1v) is 8.05. The third kappa shape index (κ3) is 3.01. The van der Waals surface area contributed by atoms with Gasteiger partial charge < -0.3 is 10.0 Å². The van der Waals surface area contributed by atoms with Crippen molar-refractivity contribution in [1.82, 2.24) is 4.90 Å². The number of carboxylic acid groups (broad SMARTS) is 1. The second-order valence-electron chi connectivity index (χ2n) is 5.90. The topological polar surface area (TPSA) is 43.8 Å². The maximum absolute atomic E-state index is 11.4. The summed E-state index contributed by atoms with van der Waals surface area (Å²) in [7, 11) is 0. The summed E-state index contributed by atoms with van der Waals surface area (Å²) < 4.78 is 0. The van der Waals surface area contributed by atoms with Crippen molar-refractivity contribution in [1.29, 1.82) is 0 Å². The number of benzene rings is 1. The number of aromatic carboxylic acids is 1. The highest BCUT2D eigenvalue weighted by atomic mass is 35.5. The molecule has 2 fully saturated rings. The van der Waals surface area contributed by atoms with Crippen LogP contribution in [0, 0.1) is 0 Å². The molecule has 0 aromatic heterocycles. The summed E-state index contributed by atoms with van der Waals surface area (Å²) >= 11 is 6.25. The Morgan fingerprint density at radius 1 is 1.14 bits per heavy atom. The second-order valence-corrected chi connectivity index (χ2v) is 6.31. The van der Waals surface area contributed by atoms with Gasteiger partial charge in [0.15, 0.2) is 0 Å². The predicted molar refractivity (Wildman–Crippen MR) is 84.5 cm³/mol. The lowest BCUT2D eigenvalue weighted by atomic mass is 10.1. The number of rotatable bonds is 3. The summed E-state index contributed by atoms with van der Waals surface area (Å²) in [4.78, 5) is 16.1. The number of para-hydroxylation sites is 1. The minimum absolute atomic E-state index is 0.303. The van der Waals surface area contributed by atoms with Crippen molar-refractivity contribution in [2.24, 2.45) is 0 Å². The molecule has 21 heavy (non-hydrogen) atoms. The van der Waals surface area contributed by atoms with Crippen LogP contribution in [0.2, 0.25) is 5.02 Å². The molecule has 0 atom stereocenters. The molecule has 1 saturated heterocycles. The van der Waals surface area contributed by atoms with E-state index in [1.165, 1.54) is 25.7 Å². The van der Waals surface area contributed by atoms with Crippen LogP contribution in [0.15, 0.2) is 18.2 Å². The molecule has 0 bridgehead atoms. The third-order valence-electron chi connectivity index (χ3n) is 4.69. The molecular formula is C16H21ClN2O2. The van der Waals surface area contributed by atoms with Gasteiger partial charge in [-0.25, -0.2) is 4.79 Å². The van der Waals surface area contributed by atoms with Crippen LogP contribution in [0.1, 0.15) is 36.0 Å². The van der Waals surface area contributed by atoms with Gasteiger partial charge in [0, 0.05) is 32.2 Å². The van der Waals surface area contributed by atoms with Gasteiger partial charge in [-0.05, 0) is 25.0 Å². The molecule has 114 valence electrons. The van der Waals surface area contributed by atoms with Gasteiger partial charge in [0.1, 0.15) is 0 Å². The van der Waals surface area contributed by atoms with Crippen molar-refractivity contribution in [3.63, 3.8) is 0 Å². The van der Waals surface area contributed by atoms with Crippen molar-refractivity contribution in [3.05, 3.63) is 28.8 Å². The van der Waals surface area contributed by atoms with Gasteiger partial charge in [-0.1, -0.05) is 30.5 Å². The number of hydrogen-bond acceptors (Lipinski definition) is 3. The van der Waals surface area contributed by atoms with Gasteiger partial charge in [-0.15, -0.1) is 0 Å². The first-order chi connectivity index (χ1) is 10.2. The lowest BCUT2D eigenvalue weighted by Crippen LogP contribution is -2.50. The average Bonchev–Trinajstić information content (AvgIpc) is 3.01. The second kappa shape index (κ2) is 6.24. The Balaban J connectivity index is 1.73. The fourth-order valence-corrected chi connectivity index (χ4v) is 3.88. The predicted octanol–water partition coefficient (Wildman–Crippen LogP) is 3.10. The highest BCUT2D eigenvalue weighted by Gasteiger charge is 2.28. The summed E-state index contributed by atoms with van der Waals surface area (Å²) in [5.41, 5.74) is 0.981. The maximum Gasteiger partial charge on any atom is 0.337 e. The average molecular weight is 309 g/mol. The molecule has 0 unspecified atom stereocenters. The highest BCUT2D eigenvalue weighted by Crippen LogP contribution is 2.32. The number of piperazine rings is 1. The first-order valence-electron chi connectivity index (χ1n) is 7.67. The highest BCUT2D eigenvalue weighted by molar-refractivity contribution is 6.34. The summed E-state index contributed by atoms with van der Waals surface area (Å²) in [6.45, 7) is 3.69. The standard InChI is InChI=1S/C16H21ClN2O2/c17-14-7-3-6-13(16(20)21)15(14)19-10-8-18(9-11-19)12-4-1-2-5-12/h3,6-7,12H,1-2,4-5,8-11H2,(H,20,21). The van der Waals surface area contributed by atoms with E-state index in [2.05, 4.69) is 9.80 Å². The molecular weight excluding hydrogens is 288 g/mol. The number of nitrogens with zero attached hydrogens (tertiary/aromatic N) is 2. The summed E-state index contributed by atoms with van der Waals surface area (Å²) in [6.07, 6.45) is 5.32. The SMILES string of the molecule is O=C(O)c1cccc(Cl)c1N1CCN(C2CCCC2)CC1. The molecule has 1 saturated carbocycles. The molecule has 1 aromatic carbocycles. The zero-order valence-corrected chi connectivity index (χ0v) is 12.9. The quantitative estimate of drug-likeness (QED) is 0.932. The lowest BCUT2D eigenvalue weighted by molar-refractivity contribution is 0.0697. The zero-order valence-electron chi connectivity index (χ0n) is 12.1. The van der Waals surface area contributed by atoms with Gasteiger partial charge in [-0.3, -0.25) is 4.90 Å². The van der Waals surface area contributed by atoms with E-state index in [0.29, 0.717) is 16.3 Å². The van der Waals surface area contributed by atoms with Crippen molar-refractivity contribution >= 4 is 23.3 Å². The van der Waals surface area contributed by atoms with Crippen LogP contribution in [0.5, 0.6) is 0 Å². The smallest absolute Gasteiger partial charge is 0.337 e. The Kier molecular flexibility index (Phi) is 4.36. The summed E-state index contributed by atoms with van der Waals surface area (Å²) in [5.74, 6) is -0.911. The number of hydrogen-bond donors (Lipinski definition) is 1. The monoisotopic (exact) mass is 308 g/mol. The normalized spacial score (nSPS) is 20.9. The van der Waals surface area contributed by atoms with Crippen LogP contribution in [0.3, 0.4) is 0 Å². The van der Waals surface area contributed by atoms with E-state index in [1.807, 2.05) is 0 Å². The molecule has 1 aliphatic heterocycles. The van der Waals surface area contributed by atoms with E-state index < -0.39 is 5.97 Å². The maximum atomic E-state index is 11.4. The van der Waals surface area contributed by atoms with Crippen LogP contribution in [-0.2, 0) is 0 Å². The summed E-state index contributed by atoms with van der Waals surface area (Å²) in [5, 5.41) is 9.88. The van der Waals surface area contributed by atoms with Gasteiger partial charge in [0.2, 0.25) is 0 Å². The largest absolute Gasteiger partial charge is 0.478 e. The van der Waals surface area contributed by atoms with Crippen molar-refractivity contribution in [2.75, 3.05) is 31.1 Å². The van der Waals surface area contributed by atoms with E-state index in [0.717, 1.165) is 32.2 Å². The molecule has 0 radical (unpaired) electrons. The molecule has 1 heterocycles. The molecule has 2 aliphatic rings. The van der Waals surface area contributed by atoms with Crippen LogP contribution in [0.4, 0.5) is 5.69 Å². The minimum Gasteiger partial charge on any atom is -0.478 e. The number of carboxylic acids is 1. The van der Waals surface area contributed by atoms with Crippen LogP contribution >= 0.6 is 11.6 Å². The number of carbonyl (C=O) groups is 1. The Morgan fingerprint density at radius 3 is 2.43 bits per heavy atom. The Morgan fingerprint density at radius 2 is 1.81 bits per heavy atom. The van der Waals surface area contributed by atoms with E-state index in [1.54, 1.807) is 18.2 Å². The van der Waals surface area contributed by atoms with E-state index >= 15 is 0 Å². The third-order valence-corrected chi connectivity index (χ3v) is 4.99. The molecule has 1 aliphatic carbocycles. The molecule has 1 N–H and O–H groups in total. The van der Waals surface area contributed by atoms with Crippen LogP contribution in [-0.4, -0.2) is 48.2 Å².